The molecule has 3 heteroatoms. The Morgan fingerprint density at radius 1 is 1.37 bits per heavy atom. The van der Waals surface area contributed by atoms with Crippen LogP contribution < -0.4 is 0 Å². The highest BCUT2D eigenvalue weighted by molar-refractivity contribution is 6.11. The van der Waals surface area contributed by atoms with Crippen LogP contribution in [0.5, 0.6) is 0 Å². The van der Waals surface area contributed by atoms with Crippen molar-refractivity contribution in [1.82, 2.24) is 4.98 Å². The van der Waals surface area contributed by atoms with Crippen molar-refractivity contribution in [1.29, 1.82) is 0 Å². The zero-order chi connectivity index (χ0) is 13.7. The summed E-state index contributed by atoms with van der Waals surface area (Å²) in [7, 11) is 1.54. The summed E-state index contributed by atoms with van der Waals surface area (Å²) in [6.07, 6.45) is 2.69. The number of aryl methyl sites for hydroxylation is 2. The molecule has 0 aliphatic rings. The molecule has 19 heavy (non-hydrogen) atoms. The number of pyridine rings is 1. The minimum atomic E-state index is 0.710. The number of hydrogen-bond donors (Lipinski definition) is 0. The molecule has 0 bridgehead atoms. The van der Waals surface area contributed by atoms with Crippen molar-refractivity contribution in [2.75, 3.05) is 7.11 Å². The molecule has 2 rings (SSSR count). The Kier molecular flexibility index (Phi) is 4.29. The lowest BCUT2D eigenvalue weighted by atomic mass is 10.00. The van der Waals surface area contributed by atoms with E-state index in [0.29, 0.717) is 5.71 Å². The predicted octanol–water partition coefficient (Wildman–Crippen LogP) is 3.15. The summed E-state index contributed by atoms with van der Waals surface area (Å²) in [4.78, 5) is 9.28. The molecule has 0 amide bonds. The van der Waals surface area contributed by atoms with Gasteiger partial charge >= 0.3 is 0 Å². The fourth-order valence-corrected chi connectivity index (χ4v) is 1.94. The van der Waals surface area contributed by atoms with Crippen LogP contribution in [0.4, 0.5) is 0 Å². The van der Waals surface area contributed by atoms with Gasteiger partial charge in [-0.15, -0.1) is 0 Å². The first-order valence-electron chi connectivity index (χ1n) is 6.30. The van der Waals surface area contributed by atoms with Crippen LogP contribution in [0.3, 0.4) is 0 Å². The summed E-state index contributed by atoms with van der Waals surface area (Å²) in [6.45, 7) is 4.18. The van der Waals surface area contributed by atoms with Crippen LogP contribution in [0.2, 0.25) is 0 Å². The van der Waals surface area contributed by atoms with Gasteiger partial charge in [0.2, 0.25) is 0 Å². The van der Waals surface area contributed by atoms with E-state index in [1.165, 1.54) is 5.56 Å². The maximum Gasteiger partial charge on any atom is 0.136 e. The van der Waals surface area contributed by atoms with E-state index in [4.69, 9.17) is 4.84 Å². The molecule has 2 aromatic rings. The molecule has 1 radical (unpaired) electrons. The highest BCUT2D eigenvalue weighted by atomic mass is 16.6. The smallest absolute Gasteiger partial charge is 0.136 e. The molecule has 0 N–H and O–H groups in total. The maximum atomic E-state index is 4.95. The van der Waals surface area contributed by atoms with Crippen molar-refractivity contribution >= 4 is 5.71 Å². The average molecular weight is 253 g/mol. The normalized spacial score (nSPS) is 11.4. The van der Waals surface area contributed by atoms with Gasteiger partial charge in [-0.25, -0.2) is 0 Å². The van der Waals surface area contributed by atoms with Crippen LogP contribution in [0.15, 0.2) is 41.7 Å². The van der Waals surface area contributed by atoms with Crippen molar-refractivity contribution in [3.05, 3.63) is 65.0 Å². The van der Waals surface area contributed by atoms with Gasteiger partial charge in [0.15, 0.2) is 0 Å². The lowest BCUT2D eigenvalue weighted by molar-refractivity contribution is 0.214. The standard InChI is InChI=1S/C16H17N2O/c1-4-13-9-12(2)10-14(11-13)16(18-19-3)15-7-5-6-8-17-15/h5-10H,4H2,1-3H3/b18-16+. The van der Waals surface area contributed by atoms with Crippen LogP contribution in [0, 0.1) is 13.0 Å². The third-order valence-electron chi connectivity index (χ3n) is 2.80. The summed E-state index contributed by atoms with van der Waals surface area (Å²) in [5.74, 6) is 0. The zero-order valence-corrected chi connectivity index (χ0v) is 11.5. The summed E-state index contributed by atoms with van der Waals surface area (Å²) < 4.78 is 0. The topological polar surface area (TPSA) is 34.5 Å². The second-order valence-corrected chi connectivity index (χ2v) is 4.29. The van der Waals surface area contributed by atoms with E-state index in [9.17, 15) is 0 Å². The first kappa shape index (κ1) is 13.3. The van der Waals surface area contributed by atoms with Crippen LogP contribution in [-0.4, -0.2) is 17.8 Å². The average Bonchev–Trinajstić information content (AvgIpc) is 2.45. The zero-order valence-electron chi connectivity index (χ0n) is 11.5. The molecule has 1 aromatic carbocycles. The van der Waals surface area contributed by atoms with Crippen LogP contribution in [0.25, 0.3) is 0 Å². The minimum absolute atomic E-state index is 0.710. The Morgan fingerprint density at radius 2 is 2.21 bits per heavy atom. The molecular weight excluding hydrogens is 236 g/mol. The van der Waals surface area contributed by atoms with Crippen molar-refractivity contribution in [2.45, 2.75) is 20.3 Å². The Hall–Kier alpha value is -2.16. The Bertz CT molecular complexity index is 577. The van der Waals surface area contributed by atoms with Gasteiger partial charge in [-0.05, 0) is 43.2 Å². The molecule has 0 saturated heterocycles. The SMILES string of the molecule is CCc1[c]c(/C(=N\OC)c2ccccn2)cc(C)c1. The van der Waals surface area contributed by atoms with Crippen molar-refractivity contribution in [2.24, 2.45) is 5.16 Å². The summed E-state index contributed by atoms with van der Waals surface area (Å²) in [5, 5.41) is 4.10. The van der Waals surface area contributed by atoms with Crippen LogP contribution in [0.1, 0.15) is 29.3 Å². The van der Waals surface area contributed by atoms with E-state index in [1.54, 1.807) is 13.3 Å². The lowest BCUT2D eigenvalue weighted by Crippen LogP contribution is -2.07. The highest BCUT2D eigenvalue weighted by Crippen LogP contribution is 2.14. The van der Waals surface area contributed by atoms with E-state index in [-0.39, 0.29) is 0 Å². The van der Waals surface area contributed by atoms with E-state index >= 15 is 0 Å². The lowest BCUT2D eigenvalue weighted by Gasteiger charge is -2.08. The number of aromatic nitrogens is 1. The van der Waals surface area contributed by atoms with E-state index < -0.39 is 0 Å². The number of nitrogens with zero attached hydrogens (tertiary/aromatic N) is 2. The Morgan fingerprint density at radius 3 is 2.84 bits per heavy atom. The molecule has 97 valence electrons. The van der Waals surface area contributed by atoms with Gasteiger partial charge in [-0.2, -0.15) is 0 Å². The third-order valence-corrected chi connectivity index (χ3v) is 2.80. The molecule has 1 heterocycles. The first-order valence-corrected chi connectivity index (χ1v) is 6.30. The molecule has 3 nitrogen and oxygen atoms in total. The van der Waals surface area contributed by atoms with Gasteiger partial charge in [0.25, 0.3) is 0 Å². The fraction of sp³-hybridized carbons (Fsp3) is 0.250. The molecule has 0 fully saturated rings. The van der Waals surface area contributed by atoms with Crippen molar-refractivity contribution in [3.63, 3.8) is 0 Å². The molecule has 0 spiro atoms. The fourth-order valence-electron chi connectivity index (χ4n) is 1.94. The number of benzene rings is 1. The quantitative estimate of drug-likeness (QED) is 0.619. The van der Waals surface area contributed by atoms with Gasteiger partial charge in [0.05, 0.1) is 5.69 Å². The van der Waals surface area contributed by atoms with Crippen molar-refractivity contribution in [3.8, 4) is 0 Å². The monoisotopic (exact) mass is 253 g/mol. The summed E-state index contributed by atoms with van der Waals surface area (Å²) in [6, 6.07) is 13.3. The van der Waals surface area contributed by atoms with Gasteiger partial charge < -0.3 is 4.84 Å². The van der Waals surface area contributed by atoms with Gasteiger partial charge in [0, 0.05) is 11.8 Å². The summed E-state index contributed by atoms with van der Waals surface area (Å²) in [5.41, 5.74) is 4.76. The molecule has 1 aromatic heterocycles. The molecular formula is C16H17N2O. The largest absolute Gasteiger partial charge is 0.399 e. The Labute approximate surface area is 113 Å². The van der Waals surface area contributed by atoms with E-state index in [1.807, 2.05) is 24.3 Å². The molecule has 0 aliphatic heterocycles. The molecule has 0 atom stereocenters. The number of rotatable bonds is 4. The second kappa shape index (κ2) is 6.14. The van der Waals surface area contributed by atoms with Crippen molar-refractivity contribution < 1.29 is 4.84 Å². The van der Waals surface area contributed by atoms with Crippen LogP contribution in [-0.2, 0) is 11.3 Å². The molecule has 0 saturated carbocycles. The Balaban J connectivity index is 2.52. The van der Waals surface area contributed by atoms with Gasteiger partial charge in [-0.1, -0.05) is 29.8 Å². The van der Waals surface area contributed by atoms with E-state index in [2.05, 4.69) is 36.1 Å². The predicted molar refractivity (Wildman–Crippen MR) is 76.3 cm³/mol. The summed E-state index contributed by atoms with van der Waals surface area (Å²) >= 11 is 0. The number of hydrogen-bond acceptors (Lipinski definition) is 3. The molecule has 0 unspecified atom stereocenters. The van der Waals surface area contributed by atoms with Gasteiger partial charge in [0.1, 0.15) is 12.8 Å². The van der Waals surface area contributed by atoms with Gasteiger partial charge in [-0.3, -0.25) is 4.98 Å². The van der Waals surface area contributed by atoms with Crippen LogP contribution >= 0.6 is 0 Å². The second-order valence-electron chi connectivity index (χ2n) is 4.29. The maximum absolute atomic E-state index is 4.95. The number of oxime groups is 1. The first-order chi connectivity index (χ1) is 9.24. The van der Waals surface area contributed by atoms with E-state index in [0.717, 1.165) is 23.2 Å². The molecule has 0 aliphatic carbocycles. The minimum Gasteiger partial charge on any atom is -0.399 e. The third kappa shape index (κ3) is 3.19. The highest BCUT2D eigenvalue weighted by Gasteiger charge is 2.11.